The second-order valence-electron chi connectivity index (χ2n) is 7.91. The molecule has 25 heavy (non-hydrogen) atoms. The Bertz CT molecular complexity index is 749. The molecule has 0 aromatic carbocycles. The Morgan fingerprint density at radius 1 is 1.28 bits per heavy atom. The summed E-state index contributed by atoms with van der Waals surface area (Å²) in [4.78, 5) is 24.7. The van der Waals surface area contributed by atoms with Gasteiger partial charge in [-0.3, -0.25) is 4.79 Å². The molecule has 2 N–H and O–H groups in total. The molecule has 0 spiro atoms. The molecule has 1 fully saturated rings. The number of carbonyl (C=O) groups is 2. The summed E-state index contributed by atoms with van der Waals surface area (Å²) in [5, 5.41) is 20.4. The highest BCUT2D eigenvalue weighted by atomic mass is 16.6. The van der Waals surface area contributed by atoms with E-state index < -0.39 is 35.1 Å². The van der Waals surface area contributed by atoms with Crippen molar-refractivity contribution >= 4 is 11.9 Å². The molecular formula is C19H22O6. The summed E-state index contributed by atoms with van der Waals surface area (Å²) >= 11 is 0. The number of aliphatic hydroxyl groups is 2. The van der Waals surface area contributed by atoms with Crippen LogP contribution in [0.4, 0.5) is 0 Å². The maximum atomic E-state index is 12.5. The lowest BCUT2D eigenvalue weighted by molar-refractivity contribution is -0.146. The van der Waals surface area contributed by atoms with Crippen molar-refractivity contribution in [1.29, 1.82) is 0 Å². The van der Waals surface area contributed by atoms with E-state index in [2.05, 4.69) is 0 Å². The summed E-state index contributed by atoms with van der Waals surface area (Å²) in [7, 11) is 0. The smallest absolute Gasteiger partial charge is 0.331 e. The zero-order valence-corrected chi connectivity index (χ0v) is 14.4. The summed E-state index contributed by atoms with van der Waals surface area (Å²) < 4.78 is 11.1. The first-order chi connectivity index (χ1) is 11.7. The molecule has 0 aromatic rings. The standard InChI is InChI=1S/C19H22O6/c1-9(8-20)15-10-6-12-16-18(2,17(23)24-12)5-4-13(21)19(16,3)11(10)7-14(22)25-15/h4-7,9,12-13,15-16,20-21H,8H2,1-3H3. The number of ether oxygens (including phenoxy) is 2. The SMILES string of the molecule is CC(CO)C1OC(=O)C=C2C1=CC1OC(=O)C3(C)C=CC(O)C2(C)C13. The van der Waals surface area contributed by atoms with Gasteiger partial charge in [0.15, 0.2) is 0 Å². The van der Waals surface area contributed by atoms with E-state index in [1.807, 2.05) is 19.9 Å². The Kier molecular flexibility index (Phi) is 3.34. The highest BCUT2D eigenvalue weighted by Gasteiger charge is 2.66. The van der Waals surface area contributed by atoms with Crippen LogP contribution in [-0.4, -0.2) is 47.1 Å². The fourth-order valence-corrected chi connectivity index (χ4v) is 4.98. The lowest BCUT2D eigenvalue weighted by Gasteiger charge is -2.52. The fraction of sp³-hybridized carbons (Fsp3) is 0.579. The van der Waals surface area contributed by atoms with Gasteiger partial charge in [-0.25, -0.2) is 4.79 Å². The number of hydrogen-bond donors (Lipinski definition) is 2. The topological polar surface area (TPSA) is 93.1 Å². The molecule has 4 rings (SSSR count). The second-order valence-corrected chi connectivity index (χ2v) is 7.91. The number of aliphatic hydroxyl groups excluding tert-OH is 2. The molecule has 2 heterocycles. The Hall–Kier alpha value is -1.92. The average molecular weight is 346 g/mol. The molecule has 4 aliphatic rings. The van der Waals surface area contributed by atoms with E-state index >= 15 is 0 Å². The molecule has 134 valence electrons. The first kappa shape index (κ1) is 16.5. The summed E-state index contributed by atoms with van der Waals surface area (Å²) in [5.41, 5.74) is -0.300. The van der Waals surface area contributed by atoms with Gasteiger partial charge in [-0.2, -0.15) is 0 Å². The van der Waals surface area contributed by atoms with E-state index in [0.29, 0.717) is 5.57 Å². The third-order valence-corrected chi connectivity index (χ3v) is 6.39. The predicted molar refractivity (Wildman–Crippen MR) is 87.0 cm³/mol. The Morgan fingerprint density at radius 3 is 2.68 bits per heavy atom. The van der Waals surface area contributed by atoms with E-state index in [9.17, 15) is 19.8 Å². The van der Waals surface area contributed by atoms with Gasteiger partial charge in [0, 0.05) is 29.9 Å². The van der Waals surface area contributed by atoms with Gasteiger partial charge in [-0.15, -0.1) is 0 Å². The van der Waals surface area contributed by atoms with Crippen molar-refractivity contribution in [2.75, 3.05) is 6.61 Å². The van der Waals surface area contributed by atoms with E-state index in [-0.39, 0.29) is 24.4 Å². The number of cyclic esters (lactones) is 1. The lowest BCUT2D eigenvalue weighted by Crippen LogP contribution is -2.56. The molecule has 6 heteroatoms. The normalized spacial score (nSPS) is 45.6. The molecule has 0 saturated carbocycles. The third kappa shape index (κ3) is 1.92. The minimum absolute atomic E-state index is 0.146. The number of rotatable bonds is 2. The molecule has 0 aromatic heterocycles. The minimum Gasteiger partial charge on any atom is -0.457 e. The molecule has 6 nitrogen and oxygen atoms in total. The monoisotopic (exact) mass is 346 g/mol. The van der Waals surface area contributed by atoms with Crippen molar-refractivity contribution in [1.82, 2.24) is 0 Å². The number of esters is 2. The molecule has 2 aliphatic heterocycles. The maximum absolute atomic E-state index is 12.5. The van der Waals surface area contributed by atoms with Gasteiger partial charge in [0.25, 0.3) is 0 Å². The number of fused-ring (bicyclic) bond motifs is 2. The van der Waals surface area contributed by atoms with Crippen LogP contribution in [0, 0.1) is 22.7 Å². The van der Waals surface area contributed by atoms with Crippen molar-refractivity contribution in [3.63, 3.8) is 0 Å². The van der Waals surface area contributed by atoms with E-state index in [1.54, 1.807) is 19.1 Å². The van der Waals surface area contributed by atoms with Gasteiger partial charge in [0.1, 0.15) is 12.2 Å². The summed E-state index contributed by atoms with van der Waals surface area (Å²) in [6, 6.07) is 0. The Labute approximate surface area is 145 Å². The quantitative estimate of drug-likeness (QED) is 0.570. The Morgan fingerprint density at radius 2 is 2.00 bits per heavy atom. The van der Waals surface area contributed by atoms with Crippen molar-refractivity contribution < 1.29 is 29.3 Å². The molecule has 0 radical (unpaired) electrons. The first-order valence-electron chi connectivity index (χ1n) is 8.57. The zero-order valence-electron chi connectivity index (χ0n) is 14.4. The number of carbonyl (C=O) groups excluding carboxylic acids is 2. The van der Waals surface area contributed by atoms with Crippen LogP contribution in [0.15, 0.2) is 35.5 Å². The molecular weight excluding hydrogens is 324 g/mol. The largest absolute Gasteiger partial charge is 0.457 e. The average Bonchev–Trinajstić information content (AvgIpc) is 2.83. The van der Waals surface area contributed by atoms with Crippen LogP contribution in [0.1, 0.15) is 20.8 Å². The van der Waals surface area contributed by atoms with Crippen LogP contribution >= 0.6 is 0 Å². The van der Waals surface area contributed by atoms with Crippen molar-refractivity contribution in [2.45, 2.75) is 39.1 Å². The van der Waals surface area contributed by atoms with Gasteiger partial charge in [0.05, 0.1) is 11.5 Å². The van der Waals surface area contributed by atoms with Crippen molar-refractivity contribution in [3.05, 3.63) is 35.5 Å². The highest BCUT2D eigenvalue weighted by molar-refractivity contribution is 5.88. The molecule has 7 atom stereocenters. The van der Waals surface area contributed by atoms with Gasteiger partial charge in [-0.05, 0) is 24.1 Å². The van der Waals surface area contributed by atoms with Crippen LogP contribution in [0.25, 0.3) is 0 Å². The van der Waals surface area contributed by atoms with E-state index in [4.69, 9.17) is 9.47 Å². The zero-order chi connectivity index (χ0) is 18.1. The van der Waals surface area contributed by atoms with Gasteiger partial charge in [-0.1, -0.05) is 26.0 Å². The Balaban J connectivity index is 1.94. The molecule has 1 saturated heterocycles. The predicted octanol–water partition coefficient (Wildman–Crippen LogP) is 0.891. The lowest BCUT2D eigenvalue weighted by atomic mass is 9.50. The summed E-state index contributed by atoms with van der Waals surface area (Å²) in [6.45, 7) is 5.33. The van der Waals surface area contributed by atoms with E-state index in [1.165, 1.54) is 6.08 Å². The molecule has 0 amide bonds. The fourth-order valence-electron chi connectivity index (χ4n) is 4.98. The third-order valence-electron chi connectivity index (χ3n) is 6.39. The van der Waals surface area contributed by atoms with Gasteiger partial charge in [0.2, 0.25) is 0 Å². The van der Waals surface area contributed by atoms with Gasteiger partial charge < -0.3 is 19.7 Å². The molecule has 0 bridgehead atoms. The summed E-state index contributed by atoms with van der Waals surface area (Å²) in [5.74, 6) is -1.44. The maximum Gasteiger partial charge on any atom is 0.331 e. The minimum atomic E-state index is -0.853. The van der Waals surface area contributed by atoms with Gasteiger partial charge >= 0.3 is 11.9 Å². The summed E-state index contributed by atoms with van der Waals surface area (Å²) in [6.07, 6.45) is 4.60. The van der Waals surface area contributed by atoms with Crippen LogP contribution < -0.4 is 0 Å². The highest BCUT2D eigenvalue weighted by Crippen LogP contribution is 2.62. The number of hydrogen-bond acceptors (Lipinski definition) is 6. The molecule has 2 aliphatic carbocycles. The second kappa shape index (κ2) is 5.05. The van der Waals surface area contributed by atoms with Crippen molar-refractivity contribution in [3.8, 4) is 0 Å². The van der Waals surface area contributed by atoms with Crippen LogP contribution in [0.3, 0.4) is 0 Å². The van der Waals surface area contributed by atoms with Crippen LogP contribution in [0.5, 0.6) is 0 Å². The molecule has 7 unspecified atom stereocenters. The van der Waals surface area contributed by atoms with E-state index in [0.717, 1.165) is 5.57 Å². The van der Waals surface area contributed by atoms with Crippen LogP contribution in [0.2, 0.25) is 0 Å². The van der Waals surface area contributed by atoms with Crippen molar-refractivity contribution in [2.24, 2.45) is 22.7 Å². The van der Waals surface area contributed by atoms with Crippen LogP contribution in [-0.2, 0) is 19.1 Å². The first-order valence-corrected chi connectivity index (χ1v) is 8.57.